The number of ether oxygens (including phenoxy) is 1. The van der Waals surface area contributed by atoms with Crippen LogP contribution in [0.4, 0.5) is 0 Å². The highest BCUT2D eigenvalue weighted by molar-refractivity contribution is 5.91. The van der Waals surface area contributed by atoms with Gasteiger partial charge < -0.3 is 10.5 Å². The molecular formula is C10H15NO2. The number of rotatable bonds is 3. The minimum absolute atomic E-state index is 0.255. The molecule has 1 rings (SSSR count). The van der Waals surface area contributed by atoms with Crippen molar-refractivity contribution in [3.8, 4) is 0 Å². The first-order chi connectivity index (χ1) is 6.27. The fraction of sp³-hybridized carbons (Fsp3) is 0.500. The quantitative estimate of drug-likeness (QED) is 0.664. The summed E-state index contributed by atoms with van der Waals surface area (Å²) in [5.41, 5.74) is 7.34. The van der Waals surface area contributed by atoms with E-state index in [9.17, 15) is 4.79 Å². The van der Waals surface area contributed by atoms with Gasteiger partial charge in [0.25, 0.3) is 0 Å². The molecule has 0 unspecified atom stereocenters. The Hall–Kier alpha value is -1.09. The molecule has 0 saturated carbocycles. The van der Waals surface area contributed by atoms with E-state index in [-0.39, 0.29) is 5.97 Å². The van der Waals surface area contributed by atoms with Crippen LogP contribution in [0.1, 0.15) is 19.3 Å². The second-order valence-corrected chi connectivity index (χ2v) is 3.03. The molecule has 0 atom stereocenters. The molecule has 2 N–H and O–H groups in total. The lowest BCUT2D eigenvalue weighted by molar-refractivity contribution is -0.135. The van der Waals surface area contributed by atoms with Crippen molar-refractivity contribution in [2.75, 3.05) is 13.7 Å². The summed E-state index contributed by atoms with van der Waals surface area (Å²) in [4.78, 5) is 11.2. The van der Waals surface area contributed by atoms with E-state index < -0.39 is 0 Å². The van der Waals surface area contributed by atoms with E-state index in [2.05, 4.69) is 4.74 Å². The number of hydrogen-bond acceptors (Lipinski definition) is 3. The van der Waals surface area contributed by atoms with Gasteiger partial charge in [0.15, 0.2) is 0 Å². The Balaban J connectivity index is 2.66. The molecule has 0 heterocycles. The fourth-order valence-electron chi connectivity index (χ4n) is 1.41. The van der Waals surface area contributed by atoms with Crippen molar-refractivity contribution in [2.45, 2.75) is 19.3 Å². The molecule has 0 aromatic heterocycles. The average Bonchev–Trinajstić information content (AvgIpc) is 2.18. The predicted molar refractivity (Wildman–Crippen MR) is 51.1 cm³/mol. The van der Waals surface area contributed by atoms with Gasteiger partial charge in [0.1, 0.15) is 0 Å². The molecule has 0 amide bonds. The summed E-state index contributed by atoms with van der Waals surface area (Å²) in [5, 5.41) is 0. The van der Waals surface area contributed by atoms with Crippen molar-refractivity contribution < 1.29 is 9.53 Å². The minimum atomic E-state index is -0.255. The minimum Gasteiger partial charge on any atom is -0.465 e. The molecule has 0 aromatic rings. The normalized spacial score (nSPS) is 16.2. The molecule has 1 aliphatic carbocycles. The summed E-state index contributed by atoms with van der Waals surface area (Å²) in [6.07, 6.45) is 6.59. The highest BCUT2D eigenvalue weighted by Crippen LogP contribution is 2.19. The van der Waals surface area contributed by atoms with Gasteiger partial charge in [-0.15, -0.1) is 0 Å². The number of allylic oxidation sites excluding steroid dienone is 1. The lowest BCUT2D eigenvalue weighted by atomic mass is 9.97. The van der Waals surface area contributed by atoms with E-state index in [0.29, 0.717) is 12.1 Å². The SMILES string of the molecule is COC(=O)C1=CCCC(CCN)=C1. The maximum atomic E-state index is 11.2. The number of methoxy groups -OCH3 is 1. The van der Waals surface area contributed by atoms with Crippen molar-refractivity contribution in [3.63, 3.8) is 0 Å². The first-order valence-electron chi connectivity index (χ1n) is 4.46. The second-order valence-electron chi connectivity index (χ2n) is 3.03. The Morgan fingerprint density at radius 1 is 1.69 bits per heavy atom. The van der Waals surface area contributed by atoms with Crippen LogP contribution in [-0.2, 0) is 9.53 Å². The van der Waals surface area contributed by atoms with E-state index in [0.717, 1.165) is 19.3 Å². The molecule has 1 aliphatic rings. The third kappa shape index (κ3) is 2.70. The van der Waals surface area contributed by atoms with Crippen LogP contribution in [0, 0.1) is 0 Å². The van der Waals surface area contributed by atoms with Gasteiger partial charge in [-0.1, -0.05) is 11.6 Å². The van der Waals surface area contributed by atoms with Gasteiger partial charge in [-0.05, 0) is 31.9 Å². The summed E-state index contributed by atoms with van der Waals surface area (Å²) in [6.45, 7) is 0.639. The van der Waals surface area contributed by atoms with E-state index in [4.69, 9.17) is 5.73 Å². The number of hydrogen-bond donors (Lipinski definition) is 1. The highest BCUT2D eigenvalue weighted by atomic mass is 16.5. The zero-order chi connectivity index (χ0) is 9.68. The highest BCUT2D eigenvalue weighted by Gasteiger charge is 2.11. The standard InChI is InChI=1S/C10H15NO2/c1-13-10(12)9-4-2-3-8(7-9)5-6-11/h4,7H,2-3,5-6,11H2,1H3. The summed E-state index contributed by atoms with van der Waals surface area (Å²) < 4.78 is 4.63. The first-order valence-corrected chi connectivity index (χ1v) is 4.46. The van der Waals surface area contributed by atoms with Crippen LogP contribution >= 0.6 is 0 Å². The van der Waals surface area contributed by atoms with Gasteiger partial charge in [0.2, 0.25) is 0 Å². The first kappa shape index (κ1) is 9.99. The van der Waals surface area contributed by atoms with Gasteiger partial charge >= 0.3 is 5.97 Å². The molecule has 0 spiro atoms. The van der Waals surface area contributed by atoms with E-state index in [1.807, 2.05) is 12.2 Å². The molecule has 13 heavy (non-hydrogen) atoms. The van der Waals surface area contributed by atoms with Gasteiger partial charge in [-0.25, -0.2) is 4.79 Å². The summed E-state index contributed by atoms with van der Waals surface area (Å²) >= 11 is 0. The van der Waals surface area contributed by atoms with Crippen LogP contribution in [0.3, 0.4) is 0 Å². The molecular weight excluding hydrogens is 166 g/mol. The van der Waals surface area contributed by atoms with E-state index in [1.165, 1.54) is 12.7 Å². The van der Waals surface area contributed by atoms with Crippen molar-refractivity contribution in [3.05, 3.63) is 23.3 Å². The molecule has 0 aliphatic heterocycles. The zero-order valence-electron chi connectivity index (χ0n) is 7.88. The number of carbonyl (C=O) groups excluding carboxylic acids is 1. The van der Waals surface area contributed by atoms with Gasteiger partial charge in [0, 0.05) is 0 Å². The molecule has 0 bridgehead atoms. The molecule has 0 fully saturated rings. The Labute approximate surface area is 78.3 Å². The van der Waals surface area contributed by atoms with Crippen LogP contribution < -0.4 is 5.73 Å². The molecule has 0 radical (unpaired) electrons. The van der Waals surface area contributed by atoms with Crippen LogP contribution in [0.15, 0.2) is 23.3 Å². The largest absolute Gasteiger partial charge is 0.465 e. The molecule has 3 heteroatoms. The van der Waals surface area contributed by atoms with Gasteiger partial charge in [-0.2, -0.15) is 0 Å². The van der Waals surface area contributed by atoms with E-state index >= 15 is 0 Å². The number of nitrogens with two attached hydrogens (primary N) is 1. The third-order valence-corrected chi connectivity index (χ3v) is 2.08. The Bertz CT molecular complexity index is 254. The lowest BCUT2D eigenvalue weighted by Crippen LogP contribution is -2.08. The third-order valence-electron chi connectivity index (χ3n) is 2.08. The molecule has 0 saturated heterocycles. The number of carbonyl (C=O) groups is 1. The maximum Gasteiger partial charge on any atom is 0.337 e. The van der Waals surface area contributed by atoms with Crippen molar-refractivity contribution in [1.29, 1.82) is 0 Å². The van der Waals surface area contributed by atoms with Crippen LogP contribution in [0.5, 0.6) is 0 Å². The number of esters is 1. The predicted octanol–water partition coefficient (Wildman–Crippen LogP) is 1.15. The monoisotopic (exact) mass is 181 g/mol. The molecule has 0 aromatic carbocycles. The van der Waals surface area contributed by atoms with Crippen LogP contribution in [-0.4, -0.2) is 19.6 Å². The zero-order valence-corrected chi connectivity index (χ0v) is 7.88. The summed E-state index contributed by atoms with van der Waals surface area (Å²) in [7, 11) is 1.40. The maximum absolute atomic E-state index is 11.2. The van der Waals surface area contributed by atoms with Crippen molar-refractivity contribution >= 4 is 5.97 Å². The van der Waals surface area contributed by atoms with Crippen molar-refractivity contribution in [2.24, 2.45) is 5.73 Å². The lowest BCUT2D eigenvalue weighted by Gasteiger charge is -2.11. The Morgan fingerprint density at radius 2 is 2.46 bits per heavy atom. The van der Waals surface area contributed by atoms with Gasteiger partial charge in [-0.3, -0.25) is 0 Å². The van der Waals surface area contributed by atoms with Gasteiger partial charge in [0.05, 0.1) is 12.7 Å². The fourth-order valence-corrected chi connectivity index (χ4v) is 1.41. The van der Waals surface area contributed by atoms with E-state index in [1.54, 1.807) is 0 Å². The summed E-state index contributed by atoms with van der Waals surface area (Å²) in [5.74, 6) is -0.255. The van der Waals surface area contributed by atoms with Crippen LogP contribution in [0.2, 0.25) is 0 Å². The van der Waals surface area contributed by atoms with Crippen molar-refractivity contribution in [1.82, 2.24) is 0 Å². The summed E-state index contributed by atoms with van der Waals surface area (Å²) in [6, 6.07) is 0. The smallest absolute Gasteiger partial charge is 0.337 e. The van der Waals surface area contributed by atoms with Crippen LogP contribution in [0.25, 0.3) is 0 Å². The Morgan fingerprint density at radius 3 is 3.08 bits per heavy atom. The molecule has 3 nitrogen and oxygen atoms in total. The Kier molecular flexibility index (Phi) is 3.71. The molecule has 72 valence electrons. The average molecular weight is 181 g/mol. The topological polar surface area (TPSA) is 52.3 Å². The second kappa shape index (κ2) is 4.82.